The zero-order valence-electron chi connectivity index (χ0n) is 3.96. The van der Waals surface area contributed by atoms with Gasteiger partial charge in [-0.2, -0.15) is 0 Å². The summed E-state index contributed by atoms with van der Waals surface area (Å²) in [5, 5.41) is 15.0. The number of hydrogen-bond acceptors (Lipinski definition) is 2. The normalized spacial score (nSPS) is 6.50. The first-order valence-corrected chi connectivity index (χ1v) is 1.58. The Balaban J connectivity index is 0. The molecule has 0 aliphatic rings. The summed E-state index contributed by atoms with van der Waals surface area (Å²) in [6, 6.07) is 0. The minimum atomic E-state index is -0.312. The number of rotatable bonds is 0. The second-order valence-electron chi connectivity index (χ2n) is 0.952. The molecule has 0 saturated carbocycles. The number of nitrogens with two attached hydrogens (primary N) is 2. The van der Waals surface area contributed by atoms with Gasteiger partial charge in [0.15, 0.2) is 11.9 Å². The molecule has 0 aromatic rings. The first-order chi connectivity index (χ1) is 3.13. The summed E-state index contributed by atoms with van der Waals surface area (Å²) >= 11 is 0. The summed E-state index contributed by atoms with van der Waals surface area (Å²) in [6.45, 7) is 0. The fraction of sp³-hybridized carbons (Fsp3) is 0. The molecular weight excluding hydrogens is 291 g/mol. The minimum absolute atomic E-state index is 0. The van der Waals surface area contributed by atoms with Gasteiger partial charge in [0.25, 0.3) is 0 Å². The zero-order chi connectivity index (χ0) is 5.86. The second kappa shape index (κ2) is 4.63. The van der Waals surface area contributed by atoms with Gasteiger partial charge < -0.3 is 11.5 Å². The SMILES string of the molecule is N=C(N)NC(=N)N.[Au+3]. The Labute approximate surface area is 62.3 Å². The van der Waals surface area contributed by atoms with Crippen molar-refractivity contribution in [1.29, 1.82) is 10.8 Å². The van der Waals surface area contributed by atoms with Gasteiger partial charge >= 0.3 is 22.4 Å². The molecule has 0 fully saturated rings. The van der Waals surface area contributed by atoms with Crippen LogP contribution in [0.25, 0.3) is 0 Å². The van der Waals surface area contributed by atoms with Crippen molar-refractivity contribution in [3.63, 3.8) is 0 Å². The molecule has 0 atom stereocenters. The third-order valence-electron chi connectivity index (χ3n) is 0.269. The molecule has 0 aromatic carbocycles. The topological polar surface area (TPSA) is 112 Å². The van der Waals surface area contributed by atoms with E-state index in [0.717, 1.165) is 0 Å². The smallest absolute Gasteiger partial charge is 0.370 e. The Morgan fingerprint density at radius 2 is 1.38 bits per heavy atom. The van der Waals surface area contributed by atoms with Gasteiger partial charge in [0.2, 0.25) is 0 Å². The van der Waals surface area contributed by atoms with E-state index < -0.39 is 0 Å². The monoisotopic (exact) mass is 298 g/mol. The van der Waals surface area contributed by atoms with Gasteiger partial charge in [-0.05, 0) is 0 Å². The summed E-state index contributed by atoms with van der Waals surface area (Å²) in [7, 11) is 0. The van der Waals surface area contributed by atoms with E-state index in [1.807, 2.05) is 5.32 Å². The molecule has 0 spiro atoms. The van der Waals surface area contributed by atoms with E-state index in [1.165, 1.54) is 0 Å². The van der Waals surface area contributed by atoms with E-state index in [0.29, 0.717) is 0 Å². The van der Waals surface area contributed by atoms with E-state index in [1.54, 1.807) is 0 Å². The van der Waals surface area contributed by atoms with Crippen molar-refractivity contribution in [3.8, 4) is 0 Å². The Morgan fingerprint density at radius 3 is 1.38 bits per heavy atom. The third-order valence-corrected chi connectivity index (χ3v) is 0.269. The predicted octanol–water partition coefficient (Wildman–Crippen LogP) is -1.64. The Morgan fingerprint density at radius 1 is 1.12 bits per heavy atom. The van der Waals surface area contributed by atoms with Crippen LogP contribution in [0.15, 0.2) is 0 Å². The zero-order valence-corrected chi connectivity index (χ0v) is 6.12. The largest absolute Gasteiger partial charge is 3.00 e. The van der Waals surface area contributed by atoms with Crippen molar-refractivity contribution >= 4 is 11.9 Å². The van der Waals surface area contributed by atoms with Crippen LogP contribution in [-0.4, -0.2) is 11.9 Å². The molecule has 8 heavy (non-hydrogen) atoms. The molecule has 0 radical (unpaired) electrons. The average Bonchev–Trinajstić information content (AvgIpc) is 1.27. The Kier molecular flexibility index (Phi) is 6.06. The first-order valence-electron chi connectivity index (χ1n) is 1.58. The molecule has 0 aliphatic heterocycles. The molecule has 48 valence electrons. The molecule has 0 unspecified atom stereocenters. The van der Waals surface area contributed by atoms with Gasteiger partial charge in [0.05, 0.1) is 0 Å². The Bertz CT molecular complexity index is 86.6. The molecule has 0 aromatic heterocycles. The number of hydrogen-bond donors (Lipinski definition) is 5. The maximum absolute atomic E-state index is 6.47. The van der Waals surface area contributed by atoms with E-state index in [2.05, 4.69) is 0 Å². The van der Waals surface area contributed by atoms with Crippen LogP contribution >= 0.6 is 0 Å². The average molecular weight is 298 g/mol. The molecular formula is C2H7AuN5+3. The van der Waals surface area contributed by atoms with Gasteiger partial charge in [0, 0.05) is 0 Å². The van der Waals surface area contributed by atoms with E-state index in [4.69, 9.17) is 22.3 Å². The predicted molar refractivity (Wildman–Crippen MR) is 27.0 cm³/mol. The van der Waals surface area contributed by atoms with E-state index in [-0.39, 0.29) is 34.3 Å². The molecule has 5 nitrogen and oxygen atoms in total. The van der Waals surface area contributed by atoms with Crippen LogP contribution in [0.5, 0.6) is 0 Å². The summed E-state index contributed by atoms with van der Waals surface area (Å²) in [5.74, 6) is -0.625. The Hall–Kier alpha value is -0.520. The molecule has 0 amide bonds. The van der Waals surface area contributed by atoms with Crippen molar-refractivity contribution in [2.45, 2.75) is 0 Å². The third kappa shape index (κ3) is 9.08. The second-order valence-corrected chi connectivity index (χ2v) is 0.952. The van der Waals surface area contributed by atoms with Crippen LogP contribution in [-0.2, 0) is 22.4 Å². The van der Waals surface area contributed by atoms with Crippen LogP contribution in [0.1, 0.15) is 0 Å². The van der Waals surface area contributed by atoms with Crippen LogP contribution in [0.3, 0.4) is 0 Å². The van der Waals surface area contributed by atoms with Gasteiger partial charge in [-0.25, -0.2) is 0 Å². The van der Waals surface area contributed by atoms with Crippen molar-refractivity contribution < 1.29 is 22.4 Å². The standard InChI is InChI=1S/C2H7N5.Au/c3-1(4)7-2(5)6;/h(H7,3,4,5,6,7);/q;+3. The number of nitrogens with one attached hydrogen (secondary N) is 3. The molecule has 6 heteroatoms. The number of guanidine groups is 2. The maximum atomic E-state index is 6.47. The van der Waals surface area contributed by atoms with Crippen molar-refractivity contribution in [2.24, 2.45) is 11.5 Å². The van der Waals surface area contributed by atoms with Crippen molar-refractivity contribution in [2.75, 3.05) is 0 Å². The molecule has 0 heterocycles. The van der Waals surface area contributed by atoms with Gasteiger partial charge in [-0.3, -0.25) is 16.1 Å². The first kappa shape index (κ1) is 10.5. The maximum Gasteiger partial charge on any atom is 3.00 e. The van der Waals surface area contributed by atoms with Gasteiger partial charge in [-0.1, -0.05) is 0 Å². The van der Waals surface area contributed by atoms with Crippen LogP contribution in [0.4, 0.5) is 0 Å². The molecule has 0 aliphatic carbocycles. The van der Waals surface area contributed by atoms with E-state index in [9.17, 15) is 0 Å². The van der Waals surface area contributed by atoms with Crippen LogP contribution < -0.4 is 16.8 Å². The molecule has 0 bridgehead atoms. The minimum Gasteiger partial charge on any atom is -0.370 e. The van der Waals surface area contributed by atoms with Gasteiger partial charge in [-0.15, -0.1) is 0 Å². The van der Waals surface area contributed by atoms with E-state index >= 15 is 0 Å². The summed E-state index contributed by atoms with van der Waals surface area (Å²) in [5.41, 5.74) is 9.49. The van der Waals surface area contributed by atoms with Crippen LogP contribution in [0, 0.1) is 10.8 Å². The van der Waals surface area contributed by atoms with Crippen molar-refractivity contribution in [3.05, 3.63) is 0 Å². The summed E-state index contributed by atoms with van der Waals surface area (Å²) in [6.07, 6.45) is 0. The molecule has 0 rings (SSSR count). The van der Waals surface area contributed by atoms with Gasteiger partial charge in [0.1, 0.15) is 0 Å². The molecule has 0 saturated heterocycles. The fourth-order valence-electron chi connectivity index (χ4n) is 0.145. The summed E-state index contributed by atoms with van der Waals surface area (Å²) in [4.78, 5) is 0. The molecule has 7 N–H and O–H groups in total. The van der Waals surface area contributed by atoms with Crippen molar-refractivity contribution in [1.82, 2.24) is 5.32 Å². The summed E-state index contributed by atoms with van der Waals surface area (Å²) < 4.78 is 0. The van der Waals surface area contributed by atoms with Crippen LogP contribution in [0.2, 0.25) is 0 Å². The quantitative estimate of drug-likeness (QED) is 0.210. The fourth-order valence-corrected chi connectivity index (χ4v) is 0.145.